The van der Waals surface area contributed by atoms with Crippen LogP contribution in [0, 0.1) is 0 Å². The lowest BCUT2D eigenvalue weighted by Crippen LogP contribution is -2.53. The van der Waals surface area contributed by atoms with Crippen LogP contribution >= 0.6 is 0 Å². The summed E-state index contributed by atoms with van der Waals surface area (Å²) >= 11 is 0. The summed E-state index contributed by atoms with van der Waals surface area (Å²) < 4.78 is 27.7. The summed E-state index contributed by atoms with van der Waals surface area (Å²) in [6.07, 6.45) is -2.47. The minimum absolute atomic E-state index is 0.403. The molecule has 0 aliphatic heterocycles. The van der Waals surface area contributed by atoms with Crippen molar-refractivity contribution in [2.75, 3.05) is 6.54 Å². The lowest BCUT2D eigenvalue weighted by Gasteiger charge is -2.38. The Hall–Kier alpha value is -1.74. The molecule has 3 heteroatoms. The van der Waals surface area contributed by atoms with Crippen LogP contribution in [0.5, 0.6) is 0 Å². The number of likely N-dealkylation sites (N-methyl/N-ethyl adjacent to an activating group) is 1. The first kappa shape index (κ1) is 15.6. The molecule has 0 saturated carbocycles. The SMILES string of the molecule is CCNC(C)(C(F)F)C(c1ccccc1)c1ccccc1. The molecule has 2 rings (SSSR count). The smallest absolute Gasteiger partial charge is 0.257 e. The molecule has 2 aromatic rings. The van der Waals surface area contributed by atoms with E-state index >= 15 is 0 Å². The second kappa shape index (κ2) is 6.81. The van der Waals surface area contributed by atoms with Crippen LogP contribution in [0.3, 0.4) is 0 Å². The van der Waals surface area contributed by atoms with E-state index in [0.717, 1.165) is 11.1 Å². The van der Waals surface area contributed by atoms with Crippen LogP contribution in [0.2, 0.25) is 0 Å². The molecule has 0 amide bonds. The number of rotatable bonds is 6. The van der Waals surface area contributed by atoms with E-state index in [1.807, 2.05) is 67.6 Å². The van der Waals surface area contributed by atoms with E-state index in [0.29, 0.717) is 6.54 Å². The molecule has 21 heavy (non-hydrogen) atoms. The minimum atomic E-state index is -2.47. The average molecular weight is 289 g/mol. The van der Waals surface area contributed by atoms with Crippen LogP contribution < -0.4 is 5.32 Å². The first-order chi connectivity index (χ1) is 10.1. The molecule has 1 atom stereocenters. The van der Waals surface area contributed by atoms with Crippen LogP contribution in [0.1, 0.15) is 30.9 Å². The first-order valence-corrected chi connectivity index (χ1v) is 7.22. The van der Waals surface area contributed by atoms with Gasteiger partial charge in [-0.1, -0.05) is 67.6 Å². The maximum atomic E-state index is 13.8. The molecular weight excluding hydrogens is 268 g/mol. The van der Waals surface area contributed by atoms with Gasteiger partial charge in [0.05, 0.1) is 5.54 Å². The zero-order valence-corrected chi connectivity index (χ0v) is 12.4. The predicted octanol–water partition coefficient (Wildman–Crippen LogP) is 4.45. The number of hydrogen-bond donors (Lipinski definition) is 1. The Morgan fingerprint density at radius 1 is 0.905 bits per heavy atom. The van der Waals surface area contributed by atoms with Gasteiger partial charge in [-0.25, -0.2) is 8.78 Å². The Bertz CT molecular complexity index is 502. The lowest BCUT2D eigenvalue weighted by atomic mass is 9.76. The van der Waals surface area contributed by atoms with E-state index < -0.39 is 17.9 Å². The third-order valence-corrected chi connectivity index (χ3v) is 3.88. The third-order valence-electron chi connectivity index (χ3n) is 3.88. The fourth-order valence-corrected chi connectivity index (χ4v) is 2.86. The van der Waals surface area contributed by atoms with Gasteiger partial charge in [0.15, 0.2) is 0 Å². The van der Waals surface area contributed by atoms with Gasteiger partial charge in [0.25, 0.3) is 6.43 Å². The van der Waals surface area contributed by atoms with Crippen molar-refractivity contribution in [2.45, 2.75) is 31.7 Å². The standard InChI is InChI=1S/C18H21F2N/c1-3-21-18(2,17(19)20)16(14-10-6-4-7-11-14)15-12-8-5-9-13-15/h4-13,16-17,21H,3H2,1-2H3. The predicted molar refractivity (Wildman–Crippen MR) is 82.8 cm³/mol. The van der Waals surface area contributed by atoms with Crippen molar-refractivity contribution in [3.05, 3.63) is 71.8 Å². The van der Waals surface area contributed by atoms with Gasteiger partial charge in [0.2, 0.25) is 0 Å². The van der Waals surface area contributed by atoms with Gasteiger partial charge in [-0.05, 0) is 24.6 Å². The normalized spacial score (nSPS) is 14.4. The van der Waals surface area contributed by atoms with Crippen LogP contribution in [0.25, 0.3) is 0 Å². The fourth-order valence-electron chi connectivity index (χ4n) is 2.86. The van der Waals surface area contributed by atoms with E-state index in [2.05, 4.69) is 5.32 Å². The second-order valence-corrected chi connectivity index (χ2v) is 5.37. The van der Waals surface area contributed by atoms with Gasteiger partial charge in [0.1, 0.15) is 0 Å². The molecule has 0 heterocycles. The minimum Gasteiger partial charge on any atom is -0.306 e. The first-order valence-electron chi connectivity index (χ1n) is 7.22. The molecular formula is C18H21F2N. The van der Waals surface area contributed by atoms with Crippen molar-refractivity contribution in [1.29, 1.82) is 0 Å². The number of benzene rings is 2. The molecule has 0 fully saturated rings. The molecule has 1 nitrogen and oxygen atoms in total. The quantitative estimate of drug-likeness (QED) is 0.828. The summed E-state index contributed by atoms with van der Waals surface area (Å²) in [4.78, 5) is 0. The van der Waals surface area contributed by atoms with Crippen LogP contribution in [0.4, 0.5) is 8.78 Å². The van der Waals surface area contributed by atoms with Crippen LogP contribution in [-0.4, -0.2) is 18.5 Å². The van der Waals surface area contributed by atoms with Gasteiger partial charge in [-0.15, -0.1) is 0 Å². The van der Waals surface area contributed by atoms with Crippen molar-refractivity contribution in [1.82, 2.24) is 5.32 Å². The molecule has 112 valence electrons. The van der Waals surface area contributed by atoms with Crippen LogP contribution in [0.15, 0.2) is 60.7 Å². The van der Waals surface area contributed by atoms with Crippen molar-refractivity contribution >= 4 is 0 Å². The third kappa shape index (κ3) is 3.30. The summed E-state index contributed by atoms with van der Waals surface area (Å²) in [7, 11) is 0. The monoisotopic (exact) mass is 289 g/mol. The maximum Gasteiger partial charge on any atom is 0.257 e. The van der Waals surface area contributed by atoms with E-state index in [1.54, 1.807) is 6.92 Å². The molecule has 0 saturated heterocycles. The number of hydrogen-bond acceptors (Lipinski definition) is 1. The number of alkyl halides is 2. The van der Waals surface area contributed by atoms with E-state index in [4.69, 9.17) is 0 Å². The van der Waals surface area contributed by atoms with Gasteiger partial charge in [-0.2, -0.15) is 0 Å². The van der Waals surface area contributed by atoms with Crippen LogP contribution in [-0.2, 0) is 0 Å². The second-order valence-electron chi connectivity index (χ2n) is 5.37. The van der Waals surface area contributed by atoms with E-state index in [-0.39, 0.29) is 0 Å². The molecule has 0 aliphatic carbocycles. The van der Waals surface area contributed by atoms with Crippen molar-refractivity contribution in [3.63, 3.8) is 0 Å². The summed E-state index contributed by atoms with van der Waals surface area (Å²) in [5.74, 6) is -0.403. The molecule has 0 aliphatic rings. The Labute approximate surface area is 125 Å². The van der Waals surface area contributed by atoms with E-state index in [9.17, 15) is 8.78 Å². The highest BCUT2D eigenvalue weighted by molar-refractivity contribution is 5.37. The molecule has 0 bridgehead atoms. The summed E-state index contributed by atoms with van der Waals surface area (Å²) in [5, 5.41) is 3.01. The molecule has 1 unspecified atom stereocenters. The van der Waals surface area contributed by atoms with Gasteiger partial charge in [-0.3, -0.25) is 0 Å². The number of nitrogens with one attached hydrogen (secondary N) is 1. The molecule has 0 radical (unpaired) electrons. The maximum absolute atomic E-state index is 13.8. The molecule has 1 N–H and O–H groups in total. The Kier molecular flexibility index (Phi) is 5.07. The molecule has 0 spiro atoms. The summed E-state index contributed by atoms with van der Waals surface area (Å²) in [6, 6.07) is 19.0. The van der Waals surface area contributed by atoms with Crippen molar-refractivity contribution in [2.24, 2.45) is 0 Å². The van der Waals surface area contributed by atoms with Crippen molar-refractivity contribution in [3.8, 4) is 0 Å². The molecule has 2 aromatic carbocycles. The highest BCUT2D eigenvalue weighted by atomic mass is 19.3. The van der Waals surface area contributed by atoms with Gasteiger partial charge in [0, 0.05) is 5.92 Å². The average Bonchev–Trinajstić information content (AvgIpc) is 2.50. The summed E-state index contributed by atoms with van der Waals surface area (Å²) in [6.45, 7) is 3.95. The molecule has 0 aromatic heterocycles. The Balaban J connectivity index is 2.55. The Morgan fingerprint density at radius 3 is 1.67 bits per heavy atom. The lowest BCUT2D eigenvalue weighted by molar-refractivity contribution is 0.0315. The van der Waals surface area contributed by atoms with Gasteiger partial charge < -0.3 is 5.32 Å². The fraction of sp³-hybridized carbons (Fsp3) is 0.333. The zero-order valence-electron chi connectivity index (χ0n) is 12.4. The topological polar surface area (TPSA) is 12.0 Å². The largest absolute Gasteiger partial charge is 0.306 e. The highest BCUT2D eigenvalue weighted by Gasteiger charge is 2.43. The van der Waals surface area contributed by atoms with Crippen molar-refractivity contribution < 1.29 is 8.78 Å². The van der Waals surface area contributed by atoms with E-state index in [1.165, 1.54) is 0 Å². The highest BCUT2D eigenvalue weighted by Crippen LogP contribution is 2.38. The Morgan fingerprint density at radius 2 is 1.33 bits per heavy atom. The van der Waals surface area contributed by atoms with Gasteiger partial charge >= 0.3 is 0 Å². The number of halogens is 2. The zero-order chi connectivity index (χ0) is 15.3. The summed E-state index contributed by atoms with van der Waals surface area (Å²) in [5.41, 5.74) is 0.483.